The molecule has 0 saturated carbocycles. The average Bonchev–Trinajstić information content (AvgIpc) is 2.75. The highest BCUT2D eigenvalue weighted by Gasteiger charge is 2.33. The van der Waals surface area contributed by atoms with Gasteiger partial charge in [0, 0.05) is 52.2 Å². The molecule has 3 heterocycles. The zero-order valence-electron chi connectivity index (χ0n) is 16.6. The maximum absolute atomic E-state index is 13.1. The van der Waals surface area contributed by atoms with Crippen molar-refractivity contribution in [1.29, 1.82) is 0 Å². The van der Waals surface area contributed by atoms with Crippen LogP contribution in [0.1, 0.15) is 30.4 Å². The van der Waals surface area contributed by atoms with Crippen LogP contribution >= 0.6 is 0 Å². The highest BCUT2D eigenvalue weighted by atomic mass is 16.5. The fourth-order valence-electron chi connectivity index (χ4n) is 4.58. The molecule has 1 atom stereocenters. The summed E-state index contributed by atoms with van der Waals surface area (Å²) in [5, 5.41) is 0. The fraction of sp³-hybridized carbons (Fsp3) is 0.636. The number of rotatable bonds is 5. The van der Waals surface area contributed by atoms with Crippen LogP contribution in [0.3, 0.4) is 0 Å². The number of morpholine rings is 1. The number of likely N-dealkylation sites (tertiary alicyclic amines) is 1. The van der Waals surface area contributed by atoms with Gasteiger partial charge in [0.05, 0.1) is 19.1 Å². The first kappa shape index (κ1) is 19.4. The van der Waals surface area contributed by atoms with Crippen LogP contribution in [-0.2, 0) is 27.3 Å². The summed E-state index contributed by atoms with van der Waals surface area (Å²) in [4.78, 5) is 31.8. The minimum absolute atomic E-state index is 0.0497. The van der Waals surface area contributed by atoms with Crippen molar-refractivity contribution in [2.45, 2.75) is 32.2 Å². The Kier molecular flexibility index (Phi) is 6.27. The molecule has 3 aliphatic rings. The molecule has 4 rings (SSSR count). The number of fused-ring (bicyclic) bond motifs is 1. The number of ether oxygens (including phenoxy) is 1. The normalized spacial score (nSPS) is 23.6. The molecule has 0 unspecified atom stereocenters. The van der Waals surface area contributed by atoms with Gasteiger partial charge >= 0.3 is 0 Å². The maximum Gasteiger partial charge on any atom is 0.227 e. The molecular weight excluding hydrogens is 354 g/mol. The van der Waals surface area contributed by atoms with Gasteiger partial charge in [0.1, 0.15) is 0 Å². The van der Waals surface area contributed by atoms with Gasteiger partial charge in [-0.2, -0.15) is 0 Å². The van der Waals surface area contributed by atoms with Crippen molar-refractivity contribution in [3.8, 4) is 0 Å². The standard InChI is InChI=1S/C22H31N3O3/c26-21-7-6-20(17-24(21)10-3-9-23-12-14-28-15-13-23)22(27)25-11-8-18-4-1-2-5-19(18)16-25/h1-2,4-5,20H,3,6-17H2/t20-/m1/s1. The molecule has 2 saturated heterocycles. The second-order valence-electron chi connectivity index (χ2n) is 8.16. The molecule has 0 bridgehead atoms. The predicted octanol–water partition coefficient (Wildman–Crippen LogP) is 1.53. The van der Waals surface area contributed by atoms with Crippen LogP contribution in [0, 0.1) is 5.92 Å². The number of carbonyl (C=O) groups is 2. The summed E-state index contributed by atoms with van der Waals surface area (Å²) >= 11 is 0. The van der Waals surface area contributed by atoms with E-state index in [-0.39, 0.29) is 17.7 Å². The first-order chi connectivity index (χ1) is 13.7. The molecule has 0 N–H and O–H groups in total. The molecular formula is C22H31N3O3. The van der Waals surface area contributed by atoms with Gasteiger partial charge in [-0.15, -0.1) is 0 Å². The Hall–Kier alpha value is -1.92. The van der Waals surface area contributed by atoms with E-state index < -0.39 is 0 Å². The molecule has 0 spiro atoms. The molecule has 152 valence electrons. The van der Waals surface area contributed by atoms with E-state index in [2.05, 4.69) is 23.1 Å². The first-order valence-electron chi connectivity index (χ1n) is 10.6. The molecule has 1 aromatic carbocycles. The lowest BCUT2D eigenvalue weighted by Crippen LogP contribution is -2.48. The Balaban J connectivity index is 1.29. The van der Waals surface area contributed by atoms with Crippen molar-refractivity contribution >= 4 is 11.8 Å². The van der Waals surface area contributed by atoms with E-state index in [0.717, 1.165) is 58.8 Å². The topological polar surface area (TPSA) is 53.1 Å². The van der Waals surface area contributed by atoms with E-state index in [4.69, 9.17) is 4.74 Å². The summed E-state index contributed by atoms with van der Waals surface area (Å²) in [5.74, 6) is 0.376. The molecule has 6 heteroatoms. The van der Waals surface area contributed by atoms with Crippen LogP contribution in [0.2, 0.25) is 0 Å². The summed E-state index contributed by atoms with van der Waals surface area (Å²) in [6, 6.07) is 8.39. The van der Waals surface area contributed by atoms with E-state index in [0.29, 0.717) is 25.9 Å². The summed E-state index contributed by atoms with van der Waals surface area (Å²) in [6.45, 7) is 7.39. The van der Waals surface area contributed by atoms with Gasteiger partial charge in [0.25, 0.3) is 0 Å². The summed E-state index contributed by atoms with van der Waals surface area (Å²) in [6.07, 6.45) is 3.08. The zero-order chi connectivity index (χ0) is 19.3. The van der Waals surface area contributed by atoms with Crippen molar-refractivity contribution in [2.75, 3.05) is 52.5 Å². The molecule has 0 aromatic heterocycles. The van der Waals surface area contributed by atoms with Crippen molar-refractivity contribution < 1.29 is 14.3 Å². The Labute approximate surface area is 167 Å². The van der Waals surface area contributed by atoms with Crippen LogP contribution in [0.5, 0.6) is 0 Å². The van der Waals surface area contributed by atoms with Gasteiger partial charge in [-0.1, -0.05) is 24.3 Å². The van der Waals surface area contributed by atoms with Crippen LogP contribution in [0.25, 0.3) is 0 Å². The third-order valence-electron chi connectivity index (χ3n) is 6.30. The number of hydrogen-bond donors (Lipinski definition) is 0. The molecule has 0 radical (unpaired) electrons. The molecule has 2 fully saturated rings. The Morgan fingerprint density at radius 2 is 1.82 bits per heavy atom. The largest absolute Gasteiger partial charge is 0.379 e. The monoisotopic (exact) mass is 385 g/mol. The number of benzene rings is 1. The first-order valence-corrected chi connectivity index (χ1v) is 10.6. The Morgan fingerprint density at radius 3 is 2.64 bits per heavy atom. The van der Waals surface area contributed by atoms with Crippen molar-refractivity contribution in [2.24, 2.45) is 5.92 Å². The van der Waals surface area contributed by atoms with E-state index in [1.165, 1.54) is 11.1 Å². The minimum Gasteiger partial charge on any atom is -0.379 e. The molecule has 1 aromatic rings. The number of piperidine rings is 1. The number of carbonyl (C=O) groups excluding carboxylic acids is 2. The molecule has 28 heavy (non-hydrogen) atoms. The molecule has 0 aliphatic carbocycles. The molecule has 6 nitrogen and oxygen atoms in total. The van der Waals surface area contributed by atoms with Crippen molar-refractivity contribution in [3.05, 3.63) is 35.4 Å². The number of nitrogens with zero attached hydrogens (tertiary/aromatic N) is 3. The summed E-state index contributed by atoms with van der Waals surface area (Å²) in [7, 11) is 0. The Bertz CT molecular complexity index is 702. The van der Waals surface area contributed by atoms with Crippen LogP contribution in [0.4, 0.5) is 0 Å². The average molecular weight is 386 g/mol. The summed E-state index contributed by atoms with van der Waals surface area (Å²) < 4.78 is 5.38. The lowest BCUT2D eigenvalue weighted by molar-refractivity contribution is -0.143. The van der Waals surface area contributed by atoms with E-state index in [1.54, 1.807) is 0 Å². The van der Waals surface area contributed by atoms with Gasteiger partial charge in [-0.3, -0.25) is 14.5 Å². The van der Waals surface area contributed by atoms with E-state index in [9.17, 15) is 9.59 Å². The van der Waals surface area contributed by atoms with Crippen molar-refractivity contribution in [1.82, 2.24) is 14.7 Å². The van der Waals surface area contributed by atoms with Gasteiger partial charge in [0.15, 0.2) is 0 Å². The molecule has 2 amide bonds. The third kappa shape index (κ3) is 4.55. The summed E-state index contributed by atoms with van der Waals surface area (Å²) in [5.41, 5.74) is 2.62. The highest BCUT2D eigenvalue weighted by Crippen LogP contribution is 2.24. The van der Waals surface area contributed by atoms with E-state index >= 15 is 0 Å². The fourth-order valence-corrected chi connectivity index (χ4v) is 4.58. The minimum atomic E-state index is -0.0497. The molecule has 3 aliphatic heterocycles. The van der Waals surface area contributed by atoms with Crippen LogP contribution < -0.4 is 0 Å². The van der Waals surface area contributed by atoms with Gasteiger partial charge in [-0.25, -0.2) is 0 Å². The lowest BCUT2D eigenvalue weighted by Gasteiger charge is -2.37. The quantitative estimate of drug-likeness (QED) is 0.771. The number of hydrogen-bond acceptors (Lipinski definition) is 4. The van der Waals surface area contributed by atoms with Gasteiger partial charge in [-0.05, 0) is 30.4 Å². The smallest absolute Gasteiger partial charge is 0.227 e. The third-order valence-corrected chi connectivity index (χ3v) is 6.30. The second-order valence-corrected chi connectivity index (χ2v) is 8.16. The number of amides is 2. The van der Waals surface area contributed by atoms with E-state index in [1.807, 2.05) is 15.9 Å². The zero-order valence-corrected chi connectivity index (χ0v) is 16.6. The van der Waals surface area contributed by atoms with Crippen LogP contribution in [0.15, 0.2) is 24.3 Å². The second kappa shape index (κ2) is 9.05. The Morgan fingerprint density at radius 1 is 1.04 bits per heavy atom. The lowest BCUT2D eigenvalue weighted by atomic mass is 9.93. The van der Waals surface area contributed by atoms with Crippen molar-refractivity contribution in [3.63, 3.8) is 0 Å². The maximum atomic E-state index is 13.1. The SMILES string of the molecule is O=C1CC[C@@H](C(=O)N2CCc3ccccc3C2)CN1CCCN1CCOCC1. The highest BCUT2D eigenvalue weighted by molar-refractivity contribution is 5.84. The van der Waals surface area contributed by atoms with Gasteiger partial charge < -0.3 is 14.5 Å². The predicted molar refractivity (Wildman–Crippen MR) is 107 cm³/mol. The van der Waals surface area contributed by atoms with Crippen LogP contribution in [-0.4, -0.2) is 79.0 Å². The van der Waals surface area contributed by atoms with Gasteiger partial charge in [0.2, 0.25) is 11.8 Å².